The van der Waals surface area contributed by atoms with Gasteiger partial charge in [-0.2, -0.15) is 0 Å². The summed E-state index contributed by atoms with van der Waals surface area (Å²) >= 11 is 0. The van der Waals surface area contributed by atoms with Crippen LogP contribution < -0.4 is 10.6 Å². The first-order chi connectivity index (χ1) is 7.31. The van der Waals surface area contributed by atoms with E-state index in [0.29, 0.717) is 11.9 Å². The summed E-state index contributed by atoms with van der Waals surface area (Å²) < 4.78 is 0. The summed E-state index contributed by atoms with van der Waals surface area (Å²) in [5.74, 6) is 1.52. The molecule has 0 aliphatic heterocycles. The number of nitrogen functional groups attached to an aromatic ring is 1. The van der Waals surface area contributed by atoms with Gasteiger partial charge in [-0.15, -0.1) is 0 Å². The molecule has 82 valence electrons. The lowest BCUT2D eigenvalue weighted by Gasteiger charge is -2.28. The van der Waals surface area contributed by atoms with Crippen LogP contribution >= 0.6 is 0 Å². The van der Waals surface area contributed by atoms with Crippen molar-refractivity contribution >= 4 is 11.6 Å². The van der Waals surface area contributed by atoms with E-state index in [1.807, 2.05) is 6.07 Å². The standard InChI is InChI=1S/C11H18N4/c1-2-15(9-5-3-4-6-9)11-7-10(12)13-8-14-11/h7-9H,2-6H2,1H3,(H2,12,13,14). The molecule has 0 atom stereocenters. The number of aromatic nitrogens is 2. The first-order valence-corrected chi connectivity index (χ1v) is 5.65. The van der Waals surface area contributed by atoms with E-state index in [1.54, 1.807) is 6.33 Å². The zero-order chi connectivity index (χ0) is 10.7. The van der Waals surface area contributed by atoms with Gasteiger partial charge in [0.05, 0.1) is 0 Å². The average Bonchev–Trinajstić information content (AvgIpc) is 2.72. The van der Waals surface area contributed by atoms with Crippen LogP contribution in [0.1, 0.15) is 32.6 Å². The summed E-state index contributed by atoms with van der Waals surface area (Å²) in [5.41, 5.74) is 5.67. The largest absolute Gasteiger partial charge is 0.384 e. The van der Waals surface area contributed by atoms with Gasteiger partial charge in [-0.25, -0.2) is 9.97 Å². The molecule has 4 heteroatoms. The molecule has 4 nitrogen and oxygen atoms in total. The van der Waals surface area contributed by atoms with Gasteiger partial charge in [-0.3, -0.25) is 0 Å². The van der Waals surface area contributed by atoms with Gasteiger partial charge in [0, 0.05) is 18.7 Å². The van der Waals surface area contributed by atoms with Gasteiger partial charge in [0.25, 0.3) is 0 Å². The monoisotopic (exact) mass is 206 g/mol. The highest BCUT2D eigenvalue weighted by atomic mass is 15.2. The molecule has 1 aliphatic carbocycles. The SMILES string of the molecule is CCN(c1cc(N)ncn1)C1CCCC1. The smallest absolute Gasteiger partial charge is 0.134 e. The zero-order valence-electron chi connectivity index (χ0n) is 9.19. The molecule has 2 rings (SSSR count). The molecule has 0 unspecified atom stereocenters. The van der Waals surface area contributed by atoms with Crippen LogP contribution in [0.3, 0.4) is 0 Å². The lowest BCUT2D eigenvalue weighted by atomic mass is 10.2. The summed E-state index contributed by atoms with van der Waals surface area (Å²) in [6, 6.07) is 2.51. The Bertz CT molecular complexity index is 320. The number of hydrogen-bond acceptors (Lipinski definition) is 4. The maximum absolute atomic E-state index is 5.67. The van der Waals surface area contributed by atoms with Crippen molar-refractivity contribution in [1.29, 1.82) is 0 Å². The van der Waals surface area contributed by atoms with E-state index in [0.717, 1.165) is 12.4 Å². The van der Waals surface area contributed by atoms with Crippen LogP contribution in [-0.2, 0) is 0 Å². The number of nitrogens with zero attached hydrogens (tertiary/aromatic N) is 3. The third-order valence-corrected chi connectivity index (χ3v) is 3.07. The Morgan fingerprint density at radius 1 is 1.40 bits per heavy atom. The van der Waals surface area contributed by atoms with Crippen molar-refractivity contribution in [3.63, 3.8) is 0 Å². The van der Waals surface area contributed by atoms with Crippen LogP contribution in [0.5, 0.6) is 0 Å². The van der Waals surface area contributed by atoms with E-state index < -0.39 is 0 Å². The van der Waals surface area contributed by atoms with E-state index in [2.05, 4.69) is 21.8 Å². The van der Waals surface area contributed by atoms with Crippen LogP contribution in [-0.4, -0.2) is 22.6 Å². The molecule has 15 heavy (non-hydrogen) atoms. The lowest BCUT2D eigenvalue weighted by molar-refractivity contribution is 0.612. The molecule has 0 bridgehead atoms. The number of hydrogen-bond donors (Lipinski definition) is 1. The minimum Gasteiger partial charge on any atom is -0.384 e. The Morgan fingerprint density at radius 3 is 2.73 bits per heavy atom. The van der Waals surface area contributed by atoms with Gasteiger partial charge in [0.2, 0.25) is 0 Å². The highest BCUT2D eigenvalue weighted by Gasteiger charge is 2.22. The van der Waals surface area contributed by atoms with Crippen molar-refractivity contribution in [3.8, 4) is 0 Å². The molecule has 2 N–H and O–H groups in total. The molecule has 1 aliphatic rings. The summed E-state index contributed by atoms with van der Waals surface area (Å²) in [6.45, 7) is 3.15. The van der Waals surface area contributed by atoms with Crippen molar-refractivity contribution in [3.05, 3.63) is 12.4 Å². The molecule has 0 aromatic carbocycles. The number of rotatable bonds is 3. The fraction of sp³-hybridized carbons (Fsp3) is 0.636. The third-order valence-electron chi connectivity index (χ3n) is 3.07. The molecular formula is C11H18N4. The van der Waals surface area contributed by atoms with Gasteiger partial charge >= 0.3 is 0 Å². The molecule has 1 heterocycles. The first kappa shape index (κ1) is 10.2. The van der Waals surface area contributed by atoms with E-state index >= 15 is 0 Å². The van der Waals surface area contributed by atoms with Crippen LogP contribution in [0.2, 0.25) is 0 Å². The van der Waals surface area contributed by atoms with E-state index in [-0.39, 0.29) is 0 Å². The van der Waals surface area contributed by atoms with Gasteiger partial charge in [0.1, 0.15) is 18.0 Å². The second-order valence-electron chi connectivity index (χ2n) is 4.03. The van der Waals surface area contributed by atoms with Crippen LogP contribution in [0.25, 0.3) is 0 Å². The normalized spacial score (nSPS) is 16.9. The Kier molecular flexibility index (Phi) is 3.04. The average molecular weight is 206 g/mol. The van der Waals surface area contributed by atoms with Crippen LogP contribution in [0.4, 0.5) is 11.6 Å². The van der Waals surface area contributed by atoms with Crippen LogP contribution in [0, 0.1) is 0 Å². The summed E-state index contributed by atoms with van der Waals surface area (Å²) in [5, 5.41) is 0. The number of anilines is 2. The predicted octanol–water partition coefficient (Wildman–Crippen LogP) is 1.83. The molecular weight excluding hydrogens is 188 g/mol. The Balaban J connectivity index is 2.18. The molecule has 0 spiro atoms. The maximum atomic E-state index is 5.67. The molecule has 0 saturated heterocycles. The highest BCUT2D eigenvalue weighted by molar-refractivity contribution is 5.46. The summed E-state index contributed by atoms with van der Waals surface area (Å²) in [4.78, 5) is 10.6. The van der Waals surface area contributed by atoms with Crippen molar-refractivity contribution in [2.45, 2.75) is 38.6 Å². The van der Waals surface area contributed by atoms with Gasteiger partial charge in [-0.1, -0.05) is 12.8 Å². The minimum absolute atomic E-state index is 0.552. The maximum Gasteiger partial charge on any atom is 0.134 e. The van der Waals surface area contributed by atoms with Crippen molar-refractivity contribution in [2.24, 2.45) is 0 Å². The quantitative estimate of drug-likeness (QED) is 0.819. The lowest BCUT2D eigenvalue weighted by Crippen LogP contribution is -2.33. The summed E-state index contributed by atoms with van der Waals surface area (Å²) in [7, 11) is 0. The second kappa shape index (κ2) is 4.47. The third kappa shape index (κ3) is 2.19. The summed E-state index contributed by atoms with van der Waals surface area (Å²) in [6.07, 6.45) is 6.77. The fourth-order valence-corrected chi connectivity index (χ4v) is 2.34. The first-order valence-electron chi connectivity index (χ1n) is 5.65. The van der Waals surface area contributed by atoms with E-state index in [9.17, 15) is 0 Å². The second-order valence-corrected chi connectivity index (χ2v) is 4.03. The molecule has 0 amide bonds. The molecule has 1 fully saturated rings. The molecule has 1 aromatic rings. The highest BCUT2D eigenvalue weighted by Crippen LogP contribution is 2.27. The molecule has 0 radical (unpaired) electrons. The van der Waals surface area contributed by atoms with Crippen molar-refractivity contribution < 1.29 is 0 Å². The van der Waals surface area contributed by atoms with Crippen LogP contribution in [0.15, 0.2) is 12.4 Å². The molecule has 1 aromatic heterocycles. The molecule has 1 saturated carbocycles. The van der Waals surface area contributed by atoms with Gasteiger partial charge < -0.3 is 10.6 Å². The van der Waals surface area contributed by atoms with Crippen molar-refractivity contribution in [1.82, 2.24) is 9.97 Å². The van der Waals surface area contributed by atoms with Gasteiger partial charge in [0.15, 0.2) is 0 Å². The van der Waals surface area contributed by atoms with Gasteiger partial charge in [-0.05, 0) is 19.8 Å². The van der Waals surface area contributed by atoms with E-state index in [4.69, 9.17) is 5.73 Å². The van der Waals surface area contributed by atoms with Crippen molar-refractivity contribution in [2.75, 3.05) is 17.2 Å². The van der Waals surface area contributed by atoms with E-state index in [1.165, 1.54) is 25.7 Å². The predicted molar refractivity (Wildman–Crippen MR) is 61.7 cm³/mol. The fourth-order valence-electron chi connectivity index (χ4n) is 2.34. The Labute approximate surface area is 90.5 Å². The Morgan fingerprint density at radius 2 is 2.13 bits per heavy atom. The zero-order valence-corrected chi connectivity index (χ0v) is 9.19. The minimum atomic E-state index is 0.552. The Hall–Kier alpha value is -1.32. The topological polar surface area (TPSA) is 55.0 Å². The number of nitrogens with two attached hydrogens (primary N) is 1.